The number of nitrogens with one attached hydrogen (secondary N) is 2. The number of aliphatic hydroxyl groups is 1. The van der Waals surface area contributed by atoms with Crippen molar-refractivity contribution in [2.24, 2.45) is 0 Å². The maximum atomic E-state index is 13.8. The van der Waals surface area contributed by atoms with Gasteiger partial charge in [0.1, 0.15) is 17.6 Å². The van der Waals surface area contributed by atoms with Gasteiger partial charge in [-0.15, -0.1) is 0 Å². The summed E-state index contributed by atoms with van der Waals surface area (Å²) in [7, 11) is 0. The first-order valence-corrected chi connectivity index (χ1v) is 9.44. The second-order valence-electron chi connectivity index (χ2n) is 6.75. The van der Waals surface area contributed by atoms with E-state index in [-0.39, 0.29) is 29.9 Å². The topological polar surface area (TPSA) is 113 Å². The molecule has 1 saturated heterocycles. The van der Waals surface area contributed by atoms with Gasteiger partial charge in [0, 0.05) is 18.9 Å². The minimum Gasteiger partial charge on any atom is -0.394 e. The first-order chi connectivity index (χ1) is 14.1. The molecule has 0 aliphatic carbocycles. The number of rotatable bonds is 7. The second kappa shape index (κ2) is 10.0. The Labute approximate surface area is 167 Å². The molecule has 2 aromatic rings. The molecule has 0 spiro atoms. The third kappa shape index (κ3) is 5.55. The molecule has 2 amide bonds. The minimum absolute atomic E-state index is 0.0435. The molecule has 9 heteroatoms. The van der Waals surface area contributed by atoms with E-state index in [4.69, 9.17) is 4.74 Å². The predicted octanol–water partition coefficient (Wildman–Crippen LogP) is 1.07. The Morgan fingerprint density at radius 1 is 1.21 bits per heavy atom. The van der Waals surface area contributed by atoms with Crippen LogP contribution in [-0.4, -0.2) is 58.3 Å². The molecule has 3 N–H and O–H groups in total. The number of hydrogen-bond acceptors (Lipinski definition) is 6. The fraction of sp³-hybridized carbons (Fsp3) is 0.400. The van der Waals surface area contributed by atoms with Crippen molar-refractivity contribution in [1.29, 1.82) is 0 Å². The first-order valence-electron chi connectivity index (χ1n) is 9.44. The van der Waals surface area contributed by atoms with Crippen LogP contribution >= 0.6 is 0 Å². The van der Waals surface area contributed by atoms with Crippen molar-refractivity contribution in [1.82, 2.24) is 20.6 Å². The molecule has 2 heterocycles. The van der Waals surface area contributed by atoms with Gasteiger partial charge in [-0.3, -0.25) is 14.6 Å². The van der Waals surface area contributed by atoms with Crippen LogP contribution in [0, 0.1) is 5.82 Å². The molecule has 0 saturated carbocycles. The smallest absolute Gasteiger partial charge is 0.271 e. The number of nitrogens with zero attached hydrogens (tertiary/aromatic N) is 2. The van der Waals surface area contributed by atoms with Crippen LogP contribution in [-0.2, 0) is 4.74 Å². The normalized spacial score (nSPS) is 21.4. The van der Waals surface area contributed by atoms with Gasteiger partial charge in [0.2, 0.25) is 0 Å². The van der Waals surface area contributed by atoms with Gasteiger partial charge >= 0.3 is 0 Å². The standard InChI is InChI=1S/C20H23FN4O4/c21-15-4-2-1-3-14(15)19(27)25-16-6-5-13(29-18(16)12-26)7-8-24-20(28)17-11-22-9-10-23-17/h1-4,9-11,13,16,18,26H,5-8,12H2,(H,24,28)(H,25,27)/t13-,16+,18-/m0/s1. The fourth-order valence-corrected chi connectivity index (χ4v) is 3.25. The molecule has 8 nitrogen and oxygen atoms in total. The molecule has 154 valence electrons. The number of aliphatic hydroxyl groups excluding tert-OH is 1. The maximum absolute atomic E-state index is 13.8. The lowest BCUT2D eigenvalue weighted by molar-refractivity contribution is -0.0893. The summed E-state index contributed by atoms with van der Waals surface area (Å²) in [6.45, 7) is 0.106. The minimum atomic E-state index is -0.598. The second-order valence-corrected chi connectivity index (χ2v) is 6.75. The highest BCUT2D eigenvalue weighted by Gasteiger charge is 2.32. The molecule has 1 aliphatic rings. The zero-order valence-corrected chi connectivity index (χ0v) is 15.8. The molecule has 0 radical (unpaired) electrons. The first kappa shape index (κ1) is 20.8. The highest BCUT2D eigenvalue weighted by Crippen LogP contribution is 2.22. The Balaban J connectivity index is 1.47. The van der Waals surface area contributed by atoms with Crippen LogP contribution in [0.2, 0.25) is 0 Å². The van der Waals surface area contributed by atoms with E-state index >= 15 is 0 Å². The lowest BCUT2D eigenvalue weighted by Gasteiger charge is -2.36. The van der Waals surface area contributed by atoms with Gasteiger partial charge in [0.15, 0.2) is 0 Å². The summed E-state index contributed by atoms with van der Waals surface area (Å²) in [6.07, 6.45) is 5.32. The van der Waals surface area contributed by atoms with Crippen LogP contribution < -0.4 is 10.6 Å². The van der Waals surface area contributed by atoms with E-state index in [1.807, 2.05) is 0 Å². The molecule has 1 fully saturated rings. The summed E-state index contributed by atoms with van der Waals surface area (Å²) < 4.78 is 19.6. The van der Waals surface area contributed by atoms with Crippen LogP contribution in [0.15, 0.2) is 42.9 Å². The van der Waals surface area contributed by atoms with E-state index < -0.39 is 23.9 Å². The monoisotopic (exact) mass is 402 g/mol. The summed E-state index contributed by atoms with van der Waals surface area (Å²) in [5.74, 6) is -1.45. The summed E-state index contributed by atoms with van der Waals surface area (Å²) >= 11 is 0. The summed E-state index contributed by atoms with van der Waals surface area (Å²) in [6, 6.07) is 5.31. The van der Waals surface area contributed by atoms with Crippen molar-refractivity contribution < 1.29 is 23.8 Å². The molecule has 0 unspecified atom stereocenters. The Kier molecular flexibility index (Phi) is 7.20. The van der Waals surface area contributed by atoms with Gasteiger partial charge < -0.3 is 20.5 Å². The highest BCUT2D eigenvalue weighted by molar-refractivity contribution is 5.94. The fourth-order valence-electron chi connectivity index (χ4n) is 3.25. The zero-order valence-electron chi connectivity index (χ0n) is 15.8. The van der Waals surface area contributed by atoms with E-state index in [1.165, 1.54) is 36.8 Å². The third-order valence-electron chi connectivity index (χ3n) is 4.78. The van der Waals surface area contributed by atoms with Gasteiger partial charge in [-0.05, 0) is 31.4 Å². The number of carbonyl (C=O) groups is 2. The van der Waals surface area contributed by atoms with Gasteiger partial charge in [0.05, 0.1) is 30.5 Å². The molecule has 1 aromatic heterocycles. The molecule has 0 bridgehead atoms. The number of amides is 2. The SMILES string of the molecule is O=C(NCC[C@@H]1CC[C@@H](NC(=O)c2ccccc2F)[C@H](CO)O1)c1cnccn1. The lowest BCUT2D eigenvalue weighted by Crippen LogP contribution is -2.51. The summed E-state index contributed by atoms with van der Waals surface area (Å²) in [5, 5.41) is 15.1. The van der Waals surface area contributed by atoms with Crippen molar-refractivity contribution in [2.75, 3.05) is 13.2 Å². The molecular weight excluding hydrogens is 379 g/mol. The largest absolute Gasteiger partial charge is 0.394 e. The Morgan fingerprint density at radius 2 is 2.03 bits per heavy atom. The molecule has 3 atom stereocenters. The lowest BCUT2D eigenvalue weighted by atomic mass is 9.96. The molecule has 29 heavy (non-hydrogen) atoms. The third-order valence-corrected chi connectivity index (χ3v) is 4.78. The van der Waals surface area contributed by atoms with Crippen LogP contribution in [0.3, 0.4) is 0 Å². The maximum Gasteiger partial charge on any atom is 0.271 e. The van der Waals surface area contributed by atoms with Crippen LogP contribution in [0.1, 0.15) is 40.1 Å². The predicted molar refractivity (Wildman–Crippen MR) is 102 cm³/mol. The molecule has 1 aliphatic heterocycles. The van der Waals surface area contributed by atoms with Crippen molar-refractivity contribution >= 4 is 11.8 Å². The Morgan fingerprint density at radius 3 is 2.76 bits per heavy atom. The number of benzene rings is 1. The highest BCUT2D eigenvalue weighted by atomic mass is 19.1. The van der Waals surface area contributed by atoms with Crippen molar-refractivity contribution in [2.45, 2.75) is 37.5 Å². The van der Waals surface area contributed by atoms with Crippen LogP contribution in [0.5, 0.6) is 0 Å². The van der Waals surface area contributed by atoms with Crippen molar-refractivity contribution in [3.05, 3.63) is 59.9 Å². The van der Waals surface area contributed by atoms with E-state index in [2.05, 4.69) is 20.6 Å². The molecule has 3 rings (SSSR count). The number of ether oxygens (including phenoxy) is 1. The van der Waals surface area contributed by atoms with Gasteiger partial charge in [-0.25, -0.2) is 9.37 Å². The van der Waals surface area contributed by atoms with Crippen molar-refractivity contribution in [3.63, 3.8) is 0 Å². The van der Waals surface area contributed by atoms with E-state index in [0.717, 1.165) is 0 Å². The van der Waals surface area contributed by atoms with E-state index in [9.17, 15) is 19.1 Å². The van der Waals surface area contributed by atoms with Gasteiger partial charge in [-0.1, -0.05) is 12.1 Å². The van der Waals surface area contributed by atoms with Crippen molar-refractivity contribution in [3.8, 4) is 0 Å². The average molecular weight is 402 g/mol. The summed E-state index contributed by atoms with van der Waals surface area (Å²) in [5.41, 5.74) is 0.194. The van der Waals surface area contributed by atoms with Crippen LogP contribution in [0.25, 0.3) is 0 Å². The number of halogens is 1. The zero-order chi connectivity index (χ0) is 20.6. The molecular formula is C20H23FN4O4. The Hall–Kier alpha value is -2.91. The average Bonchev–Trinajstić information content (AvgIpc) is 2.75. The van der Waals surface area contributed by atoms with Gasteiger partial charge in [0.25, 0.3) is 11.8 Å². The van der Waals surface area contributed by atoms with Gasteiger partial charge in [-0.2, -0.15) is 0 Å². The Bertz CT molecular complexity index is 836. The van der Waals surface area contributed by atoms with E-state index in [1.54, 1.807) is 6.07 Å². The number of aromatic nitrogens is 2. The van der Waals surface area contributed by atoms with E-state index in [0.29, 0.717) is 25.8 Å². The molecule has 1 aromatic carbocycles. The number of carbonyl (C=O) groups excluding carboxylic acids is 2. The quantitative estimate of drug-likeness (QED) is 0.639. The van der Waals surface area contributed by atoms with Crippen LogP contribution in [0.4, 0.5) is 4.39 Å². The summed E-state index contributed by atoms with van der Waals surface area (Å²) in [4.78, 5) is 32.1. The number of hydrogen-bond donors (Lipinski definition) is 3.